The van der Waals surface area contributed by atoms with Crippen LogP contribution < -0.4 is 5.73 Å². The fourth-order valence-corrected chi connectivity index (χ4v) is 3.63. The molecule has 1 aliphatic heterocycles. The van der Waals surface area contributed by atoms with Crippen LogP contribution in [-0.4, -0.2) is 29.0 Å². The Bertz CT molecular complexity index is 589. The van der Waals surface area contributed by atoms with E-state index in [1.54, 1.807) is 23.5 Å². The summed E-state index contributed by atoms with van der Waals surface area (Å²) in [5.41, 5.74) is 6.92. The molecule has 1 aromatic carbocycles. The van der Waals surface area contributed by atoms with Gasteiger partial charge in [0.2, 0.25) is 0 Å². The van der Waals surface area contributed by atoms with Crippen LogP contribution in [0.4, 0.5) is 4.39 Å². The minimum Gasteiger partial charge on any atom is -0.327 e. The van der Waals surface area contributed by atoms with E-state index in [1.807, 2.05) is 0 Å². The fraction of sp³-hybridized carbons (Fsp3) is 0.500. The first-order valence-electron chi connectivity index (χ1n) is 6.65. The van der Waals surface area contributed by atoms with Gasteiger partial charge in [0.05, 0.1) is 16.8 Å². The highest BCUT2D eigenvalue weighted by molar-refractivity contribution is 7.18. The second-order valence-electron chi connectivity index (χ2n) is 5.38. The monoisotopic (exact) mass is 315 g/mol. The van der Waals surface area contributed by atoms with Crippen LogP contribution in [0.3, 0.4) is 0 Å². The lowest BCUT2D eigenvalue weighted by Crippen LogP contribution is -2.45. The first-order chi connectivity index (χ1) is 9.11. The van der Waals surface area contributed by atoms with E-state index in [0.717, 1.165) is 41.3 Å². The lowest BCUT2D eigenvalue weighted by atomic mass is 9.95. The van der Waals surface area contributed by atoms with Gasteiger partial charge in [0.1, 0.15) is 10.8 Å². The second-order valence-corrected chi connectivity index (χ2v) is 6.50. The number of benzene rings is 1. The van der Waals surface area contributed by atoms with Gasteiger partial charge in [-0.05, 0) is 30.5 Å². The summed E-state index contributed by atoms with van der Waals surface area (Å²) in [6, 6.07) is 5.10. The van der Waals surface area contributed by atoms with Crippen LogP contribution in [0.15, 0.2) is 18.2 Å². The van der Waals surface area contributed by atoms with E-state index < -0.39 is 0 Å². The molecule has 0 amide bonds. The summed E-state index contributed by atoms with van der Waals surface area (Å²) >= 11 is 1.58. The molecule has 2 unspecified atom stereocenters. The molecule has 1 aliphatic rings. The van der Waals surface area contributed by atoms with Crippen molar-refractivity contribution >= 4 is 34.0 Å². The summed E-state index contributed by atoms with van der Waals surface area (Å²) in [4.78, 5) is 6.96. The quantitative estimate of drug-likeness (QED) is 0.926. The van der Waals surface area contributed by atoms with Crippen molar-refractivity contribution in [2.45, 2.75) is 25.9 Å². The van der Waals surface area contributed by atoms with Crippen molar-refractivity contribution in [2.75, 3.05) is 13.1 Å². The van der Waals surface area contributed by atoms with Crippen LogP contribution in [0.2, 0.25) is 0 Å². The Morgan fingerprint density at radius 1 is 1.50 bits per heavy atom. The first-order valence-corrected chi connectivity index (χ1v) is 7.46. The number of halogens is 2. The normalized spacial score (nSPS) is 23.8. The molecule has 0 aliphatic carbocycles. The van der Waals surface area contributed by atoms with Gasteiger partial charge in [-0.3, -0.25) is 4.90 Å². The Hall–Kier alpha value is -0.750. The van der Waals surface area contributed by atoms with Gasteiger partial charge in [0.15, 0.2) is 0 Å². The van der Waals surface area contributed by atoms with Gasteiger partial charge in [-0.2, -0.15) is 0 Å². The molecule has 0 radical (unpaired) electrons. The SMILES string of the molecule is CC1CN(Cc2nc3ccc(F)cc3s2)CCC1N.Cl. The van der Waals surface area contributed by atoms with Gasteiger partial charge >= 0.3 is 0 Å². The third-order valence-electron chi connectivity index (χ3n) is 3.81. The number of hydrogen-bond acceptors (Lipinski definition) is 4. The maximum absolute atomic E-state index is 13.2. The predicted octanol–water partition coefficient (Wildman–Crippen LogP) is 3.03. The van der Waals surface area contributed by atoms with E-state index in [9.17, 15) is 4.39 Å². The smallest absolute Gasteiger partial charge is 0.124 e. The molecule has 2 N–H and O–H groups in total. The molecule has 1 fully saturated rings. The number of likely N-dealkylation sites (tertiary alicyclic amines) is 1. The highest BCUT2D eigenvalue weighted by atomic mass is 35.5. The number of nitrogens with zero attached hydrogens (tertiary/aromatic N) is 2. The third kappa shape index (κ3) is 3.28. The van der Waals surface area contributed by atoms with Gasteiger partial charge < -0.3 is 5.73 Å². The molecule has 0 saturated carbocycles. The Balaban J connectivity index is 0.00000147. The molecule has 1 saturated heterocycles. The number of rotatable bonds is 2. The van der Waals surface area contributed by atoms with E-state index >= 15 is 0 Å². The topological polar surface area (TPSA) is 42.2 Å². The van der Waals surface area contributed by atoms with Crippen LogP contribution in [0, 0.1) is 11.7 Å². The second kappa shape index (κ2) is 6.35. The lowest BCUT2D eigenvalue weighted by molar-refractivity contribution is 0.158. The molecule has 2 atom stereocenters. The molecule has 0 bridgehead atoms. The Morgan fingerprint density at radius 3 is 3.05 bits per heavy atom. The zero-order valence-electron chi connectivity index (χ0n) is 11.4. The van der Waals surface area contributed by atoms with Gasteiger partial charge in [-0.15, -0.1) is 23.7 Å². The Morgan fingerprint density at radius 2 is 2.30 bits per heavy atom. The lowest BCUT2D eigenvalue weighted by Gasteiger charge is -2.34. The van der Waals surface area contributed by atoms with E-state index in [1.165, 1.54) is 6.07 Å². The summed E-state index contributed by atoms with van der Waals surface area (Å²) in [6.07, 6.45) is 1.04. The van der Waals surface area contributed by atoms with Gasteiger partial charge in [-0.1, -0.05) is 6.92 Å². The molecule has 1 aromatic heterocycles. The minimum atomic E-state index is -0.194. The maximum atomic E-state index is 13.2. The van der Waals surface area contributed by atoms with Crippen molar-refractivity contribution in [1.82, 2.24) is 9.88 Å². The Kier molecular flexibility index (Phi) is 4.96. The molecule has 2 aromatic rings. The van der Waals surface area contributed by atoms with Crippen LogP contribution in [0.5, 0.6) is 0 Å². The largest absolute Gasteiger partial charge is 0.327 e. The van der Waals surface area contributed by atoms with Crippen molar-refractivity contribution in [3.8, 4) is 0 Å². The van der Waals surface area contributed by atoms with Gasteiger partial charge in [0.25, 0.3) is 0 Å². The van der Waals surface area contributed by atoms with Crippen LogP contribution in [0.25, 0.3) is 10.2 Å². The van der Waals surface area contributed by atoms with Crippen molar-refractivity contribution in [1.29, 1.82) is 0 Å². The van der Waals surface area contributed by atoms with Crippen LogP contribution >= 0.6 is 23.7 Å². The number of piperidine rings is 1. The predicted molar refractivity (Wildman–Crippen MR) is 83.9 cm³/mol. The molecule has 6 heteroatoms. The molecule has 3 nitrogen and oxygen atoms in total. The average Bonchev–Trinajstić information content (AvgIpc) is 2.75. The average molecular weight is 316 g/mol. The van der Waals surface area contributed by atoms with Gasteiger partial charge in [-0.25, -0.2) is 9.37 Å². The molecular formula is C14H19ClFN3S. The minimum absolute atomic E-state index is 0. The van der Waals surface area contributed by atoms with E-state index in [4.69, 9.17) is 5.73 Å². The summed E-state index contributed by atoms with van der Waals surface area (Å²) in [5.74, 6) is 0.334. The van der Waals surface area contributed by atoms with E-state index in [2.05, 4.69) is 16.8 Å². The standard InChI is InChI=1S/C14H18FN3S.ClH/c1-9-7-18(5-4-11(9)16)8-14-17-12-3-2-10(15)6-13(12)19-14;/h2-3,6,9,11H,4-5,7-8,16H2,1H3;1H. The number of aromatic nitrogens is 1. The molecule has 2 heterocycles. The molecule has 3 rings (SSSR count). The molecule has 110 valence electrons. The number of nitrogens with two attached hydrogens (primary N) is 1. The summed E-state index contributed by atoms with van der Waals surface area (Å²) in [7, 11) is 0. The Labute approximate surface area is 128 Å². The van der Waals surface area contributed by atoms with E-state index in [0.29, 0.717) is 12.0 Å². The number of hydrogen-bond donors (Lipinski definition) is 1. The summed E-state index contributed by atoms with van der Waals surface area (Å²) < 4.78 is 14.1. The number of fused-ring (bicyclic) bond motifs is 1. The summed E-state index contributed by atoms with van der Waals surface area (Å²) in [6.45, 7) is 5.09. The van der Waals surface area contributed by atoms with E-state index in [-0.39, 0.29) is 18.2 Å². The van der Waals surface area contributed by atoms with Crippen LogP contribution in [-0.2, 0) is 6.54 Å². The molecular weight excluding hydrogens is 297 g/mol. The van der Waals surface area contributed by atoms with Gasteiger partial charge in [0, 0.05) is 19.1 Å². The zero-order chi connectivity index (χ0) is 13.4. The molecule has 20 heavy (non-hydrogen) atoms. The van der Waals surface area contributed by atoms with Crippen molar-refractivity contribution < 1.29 is 4.39 Å². The fourth-order valence-electron chi connectivity index (χ4n) is 2.60. The maximum Gasteiger partial charge on any atom is 0.124 e. The summed E-state index contributed by atoms with van der Waals surface area (Å²) in [5, 5.41) is 1.06. The van der Waals surface area contributed by atoms with Crippen molar-refractivity contribution in [3.63, 3.8) is 0 Å². The third-order valence-corrected chi connectivity index (χ3v) is 4.81. The molecule has 0 spiro atoms. The highest BCUT2D eigenvalue weighted by Crippen LogP contribution is 2.25. The van der Waals surface area contributed by atoms with Crippen molar-refractivity contribution in [2.24, 2.45) is 11.7 Å². The zero-order valence-corrected chi connectivity index (χ0v) is 13.0. The van der Waals surface area contributed by atoms with Crippen molar-refractivity contribution in [3.05, 3.63) is 29.0 Å². The first kappa shape index (κ1) is 15.6. The van der Waals surface area contributed by atoms with Crippen LogP contribution in [0.1, 0.15) is 18.4 Å². The highest BCUT2D eigenvalue weighted by Gasteiger charge is 2.23. The number of thiazole rings is 1.